The van der Waals surface area contributed by atoms with Crippen molar-refractivity contribution in [2.24, 2.45) is 0 Å². The Morgan fingerprint density at radius 1 is 0.619 bits per heavy atom. The first-order valence-corrected chi connectivity index (χ1v) is 9.47. The predicted octanol–water partition coefficient (Wildman–Crippen LogP) is 6.00. The highest BCUT2D eigenvalue weighted by atomic mass is 35.5. The van der Waals surface area contributed by atoms with E-state index in [1.54, 1.807) is 0 Å². The van der Waals surface area contributed by atoms with Gasteiger partial charge in [-0.2, -0.15) is 0 Å². The lowest BCUT2D eigenvalue weighted by Crippen LogP contribution is -1.99. The van der Waals surface area contributed by atoms with Gasteiger partial charge in [-0.3, -0.25) is 0 Å². The third-order valence-electron chi connectivity index (χ3n) is 3.37. The van der Waals surface area contributed by atoms with Crippen LogP contribution >= 0.6 is 11.8 Å². The zero-order valence-corrected chi connectivity index (χ0v) is 16.0. The number of nitrogens with zero attached hydrogens (tertiary/aromatic N) is 1. The van der Waals surface area contributed by atoms with Gasteiger partial charge in [0.2, 0.25) is 0 Å². The topological polar surface area (TPSA) is 15.3 Å². The Hall–Kier alpha value is 0.210. The van der Waals surface area contributed by atoms with E-state index in [9.17, 15) is 0 Å². The summed E-state index contributed by atoms with van der Waals surface area (Å²) in [5.41, 5.74) is 0. The van der Waals surface area contributed by atoms with E-state index in [0.717, 1.165) is 6.54 Å². The second-order valence-electron chi connectivity index (χ2n) is 6.47. The van der Waals surface area contributed by atoms with Gasteiger partial charge in [0.05, 0.1) is 0 Å². The molecule has 0 bridgehead atoms. The highest BCUT2D eigenvalue weighted by Gasteiger charge is 1.93. The average molecular weight is 321 g/mol. The molecule has 0 heterocycles. The molecule has 0 aromatic heterocycles. The van der Waals surface area contributed by atoms with Crippen LogP contribution in [0.3, 0.4) is 0 Å². The van der Waals surface area contributed by atoms with Crippen molar-refractivity contribution in [1.82, 2.24) is 9.74 Å². The van der Waals surface area contributed by atoms with E-state index >= 15 is 0 Å². The lowest BCUT2D eigenvalue weighted by atomic mass is 10.0. The summed E-state index contributed by atoms with van der Waals surface area (Å²) < 4.78 is 0. The molecule has 0 rings (SSSR count). The van der Waals surface area contributed by atoms with Crippen molar-refractivity contribution in [1.29, 1.82) is 0 Å². The number of nitrogens with one attached hydrogen (secondary N) is 1. The minimum Gasteiger partial charge on any atom is -0.312 e. The van der Waals surface area contributed by atoms with Crippen molar-refractivity contribution in [2.45, 2.75) is 90.4 Å². The third kappa shape index (κ3) is 33.2. The first-order chi connectivity index (χ1) is 10.1. The van der Waals surface area contributed by atoms with Crippen molar-refractivity contribution >= 4 is 11.8 Å². The second-order valence-corrected chi connectivity index (χ2v) is 6.74. The Morgan fingerprint density at radius 3 is 1.19 bits per heavy atom. The maximum absolute atomic E-state index is 5.39. The lowest BCUT2D eigenvalue weighted by molar-refractivity contribution is 0.505. The van der Waals surface area contributed by atoms with E-state index in [-0.39, 0.29) is 0 Å². The van der Waals surface area contributed by atoms with Gasteiger partial charge in [0.1, 0.15) is 0 Å². The average Bonchev–Trinajstić information content (AvgIpc) is 2.43. The molecule has 21 heavy (non-hydrogen) atoms. The highest BCUT2D eigenvalue weighted by molar-refractivity contribution is 6.13. The minimum absolute atomic E-state index is 0.958. The first-order valence-electron chi connectivity index (χ1n) is 9.09. The summed E-state index contributed by atoms with van der Waals surface area (Å²) in [5.74, 6) is 0. The molecule has 0 spiro atoms. The molecule has 0 aliphatic carbocycles. The van der Waals surface area contributed by atoms with Gasteiger partial charge in [-0.1, -0.05) is 84.0 Å². The van der Waals surface area contributed by atoms with Crippen molar-refractivity contribution in [3.8, 4) is 0 Å². The molecule has 0 radical (unpaired) electrons. The van der Waals surface area contributed by atoms with Crippen molar-refractivity contribution in [3.05, 3.63) is 0 Å². The standard InChI is InChI=1S/C15H32ClN.C3H9N/c1-2-3-4-5-6-7-8-9-10-11-12-13-14-15-17-16;1-4(2)3/h17H,2-15H2,1H3;1-3H3. The van der Waals surface area contributed by atoms with Crippen LogP contribution in [0.5, 0.6) is 0 Å². The van der Waals surface area contributed by atoms with Crippen LogP contribution < -0.4 is 4.84 Å². The summed E-state index contributed by atoms with van der Waals surface area (Å²) in [7, 11) is 6.00. The van der Waals surface area contributed by atoms with Gasteiger partial charge in [-0.15, -0.1) is 0 Å². The SMILES string of the molecule is CCCCCCCCCCCCCCCNCl.CN(C)C. The number of rotatable bonds is 14. The van der Waals surface area contributed by atoms with Crippen LogP contribution in [0.15, 0.2) is 0 Å². The molecule has 0 atom stereocenters. The van der Waals surface area contributed by atoms with E-state index in [2.05, 4.69) is 11.8 Å². The van der Waals surface area contributed by atoms with E-state index in [1.165, 1.54) is 83.5 Å². The van der Waals surface area contributed by atoms with E-state index in [4.69, 9.17) is 11.8 Å². The molecule has 1 N–H and O–H groups in total. The summed E-state index contributed by atoms with van der Waals surface area (Å²) in [5, 5.41) is 0. The van der Waals surface area contributed by atoms with E-state index in [1.807, 2.05) is 26.0 Å². The van der Waals surface area contributed by atoms with Crippen LogP contribution in [0.1, 0.15) is 90.4 Å². The van der Waals surface area contributed by atoms with Gasteiger partial charge in [-0.05, 0) is 39.3 Å². The fourth-order valence-electron chi connectivity index (χ4n) is 2.21. The number of hydrogen-bond acceptors (Lipinski definition) is 2. The summed E-state index contributed by atoms with van der Waals surface area (Å²) in [6, 6.07) is 0. The van der Waals surface area contributed by atoms with Crippen LogP contribution in [0.4, 0.5) is 0 Å². The highest BCUT2D eigenvalue weighted by Crippen LogP contribution is 2.12. The van der Waals surface area contributed by atoms with Crippen LogP contribution in [0, 0.1) is 0 Å². The van der Waals surface area contributed by atoms with Gasteiger partial charge in [0.25, 0.3) is 0 Å². The van der Waals surface area contributed by atoms with E-state index < -0.39 is 0 Å². The minimum atomic E-state index is 0.958. The fourth-order valence-corrected chi connectivity index (χ4v) is 2.34. The fraction of sp³-hybridized carbons (Fsp3) is 1.00. The molecule has 2 nitrogen and oxygen atoms in total. The van der Waals surface area contributed by atoms with Crippen LogP contribution in [-0.4, -0.2) is 32.6 Å². The molecule has 0 saturated carbocycles. The van der Waals surface area contributed by atoms with Gasteiger partial charge in [0, 0.05) is 6.54 Å². The van der Waals surface area contributed by atoms with Crippen molar-refractivity contribution in [2.75, 3.05) is 27.7 Å². The maximum atomic E-state index is 5.39. The number of halogens is 1. The molecule has 0 aliphatic rings. The van der Waals surface area contributed by atoms with Crippen LogP contribution in [0.25, 0.3) is 0 Å². The molecule has 0 aliphatic heterocycles. The Kier molecular flexibility index (Phi) is 25.1. The number of hydrogen-bond donors (Lipinski definition) is 1. The molecule has 0 saturated heterocycles. The summed E-state index contributed by atoms with van der Waals surface area (Å²) in [4.78, 5) is 4.68. The normalized spacial score (nSPS) is 10.6. The second kappa shape index (κ2) is 22.5. The van der Waals surface area contributed by atoms with Gasteiger partial charge < -0.3 is 4.90 Å². The Bertz CT molecular complexity index is 147. The van der Waals surface area contributed by atoms with Gasteiger partial charge in [-0.25, -0.2) is 4.84 Å². The zero-order valence-electron chi connectivity index (χ0n) is 15.2. The Labute approximate surface area is 140 Å². The smallest absolute Gasteiger partial charge is 0.0108 e. The van der Waals surface area contributed by atoms with Crippen LogP contribution in [-0.2, 0) is 0 Å². The lowest BCUT2D eigenvalue weighted by Gasteiger charge is -2.02. The van der Waals surface area contributed by atoms with Gasteiger partial charge in [0.15, 0.2) is 0 Å². The molecule has 0 fully saturated rings. The van der Waals surface area contributed by atoms with E-state index in [0.29, 0.717) is 0 Å². The van der Waals surface area contributed by atoms with Crippen molar-refractivity contribution in [3.63, 3.8) is 0 Å². The molecule has 3 heteroatoms. The Balaban J connectivity index is 0. The zero-order chi connectivity index (χ0) is 16.2. The summed E-state index contributed by atoms with van der Waals surface area (Å²) >= 11 is 5.39. The molecular weight excluding hydrogens is 280 g/mol. The maximum Gasteiger partial charge on any atom is 0.0108 e. The molecular formula is C18H41ClN2. The molecule has 130 valence electrons. The van der Waals surface area contributed by atoms with Crippen LogP contribution in [0.2, 0.25) is 0 Å². The monoisotopic (exact) mass is 320 g/mol. The summed E-state index contributed by atoms with van der Waals surface area (Å²) in [6.07, 6.45) is 18.3. The quantitative estimate of drug-likeness (QED) is 0.312. The number of unbranched alkanes of at least 4 members (excludes halogenated alkanes) is 12. The molecule has 0 amide bonds. The predicted molar refractivity (Wildman–Crippen MR) is 99.2 cm³/mol. The summed E-state index contributed by atoms with van der Waals surface area (Å²) in [6.45, 7) is 3.24. The molecule has 0 aromatic carbocycles. The largest absolute Gasteiger partial charge is 0.312 e. The third-order valence-corrected chi connectivity index (χ3v) is 3.56. The first kappa shape index (κ1) is 23.5. The molecule has 0 aromatic rings. The Morgan fingerprint density at radius 2 is 0.905 bits per heavy atom. The van der Waals surface area contributed by atoms with Crippen molar-refractivity contribution < 1.29 is 0 Å². The molecule has 0 unspecified atom stereocenters. The van der Waals surface area contributed by atoms with Gasteiger partial charge >= 0.3 is 0 Å².